The van der Waals surface area contributed by atoms with E-state index in [1.165, 1.54) is 0 Å². The second kappa shape index (κ2) is 8.24. The summed E-state index contributed by atoms with van der Waals surface area (Å²) in [6.45, 7) is 3.40. The molecule has 0 bridgehead atoms. The Morgan fingerprint density at radius 2 is 1.85 bits per heavy atom. The van der Waals surface area contributed by atoms with Gasteiger partial charge in [-0.15, -0.1) is 0 Å². The second-order valence-electron chi connectivity index (χ2n) is 4.38. The largest absolute Gasteiger partial charge is 0.480 e. The molecule has 5 heteroatoms. The number of Topliss-reactive ketones (excluding diaryl/α,β-unsaturated/α-hetero) is 1. The van der Waals surface area contributed by atoms with Gasteiger partial charge < -0.3 is 14.6 Å². The molecule has 0 aromatic heterocycles. The third-order valence-electron chi connectivity index (χ3n) is 2.37. The number of benzene rings is 1. The van der Waals surface area contributed by atoms with Crippen molar-refractivity contribution in [1.29, 1.82) is 0 Å². The summed E-state index contributed by atoms with van der Waals surface area (Å²) in [6, 6.07) is 8.48. The predicted molar refractivity (Wildman–Crippen MR) is 73.5 cm³/mol. The van der Waals surface area contributed by atoms with E-state index in [0.29, 0.717) is 5.56 Å². The van der Waals surface area contributed by atoms with Crippen LogP contribution in [0.2, 0.25) is 0 Å². The first-order valence-electron chi connectivity index (χ1n) is 6.18. The van der Waals surface area contributed by atoms with Gasteiger partial charge in [-0.25, -0.2) is 4.79 Å². The lowest BCUT2D eigenvalue weighted by Gasteiger charge is -2.15. The van der Waals surface area contributed by atoms with Crippen molar-refractivity contribution in [3.63, 3.8) is 0 Å². The molecule has 0 saturated heterocycles. The molecule has 0 aliphatic heterocycles. The monoisotopic (exact) mass is 278 g/mol. The van der Waals surface area contributed by atoms with E-state index in [2.05, 4.69) is 0 Å². The number of carbonyl (C=O) groups excluding carboxylic acids is 1. The van der Waals surface area contributed by atoms with Crippen LogP contribution in [0.15, 0.2) is 42.0 Å². The van der Waals surface area contributed by atoms with E-state index in [1.54, 1.807) is 36.4 Å². The highest BCUT2D eigenvalue weighted by molar-refractivity contribution is 5.98. The minimum atomic E-state index is -1.22. The Morgan fingerprint density at radius 1 is 1.20 bits per heavy atom. The number of allylic oxidation sites excluding steroid dienone is 1. The highest BCUT2D eigenvalue weighted by Gasteiger charge is 2.22. The molecule has 1 unspecified atom stereocenters. The maximum atomic E-state index is 12.2. The van der Waals surface area contributed by atoms with Crippen LogP contribution in [0.1, 0.15) is 24.2 Å². The van der Waals surface area contributed by atoms with Crippen molar-refractivity contribution in [1.82, 2.24) is 0 Å². The maximum absolute atomic E-state index is 12.2. The molecule has 0 amide bonds. The first kappa shape index (κ1) is 16.1. The summed E-state index contributed by atoms with van der Waals surface area (Å²) in [5, 5.41) is 8.62. The topological polar surface area (TPSA) is 72.8 Å². The maximum Gasteiger partial charge on any atom is 0.329 e. The van der Waals surface area contributed by atoms with Gasteiger partial charge in [-0.1, -0.05) is 42.0 Å². The van der Waals surface area contributed by atoms with Crippen LogP contribution in [0, 0.1) is 0 Å². The molecule has 0 fully saturated rings. The lowest BCUT2D eigenvalue weighted by atomic mass is 10.1. The van der Waals surface area contributed by atoms with Crippen LogP contribution in [0.5, 0.6) is 0 Å². The molecule has 0 saturated carbocycles. The van der Waals surface area contributed by atoms with Crippen LogP contribution in [-0.4, -0.2) is 36.4 Å². The first-order valence-corrected chi connectivity index (χ1v) is 6.18. The molecule has 1 rings (SSSR count). The molecule has 0 radical (unpaired) electrons. The smallest absolute Gasteiger partial charge is 0.329 e. The van der Waals surface area contributed by atoms with Crippen molar-refractivity contribution in [2.45, 2.75) is 20.1 Å². The standard InChI is InChI=1S/C15H18O5/c1-11(2)8-9-19-15(20-10-13(16)17)14(18)12-6-4-3-5-7-12/h3-8,15H,9-10H2,1-2H3,(H,16,17). The van der Waals surface area contributed by atoms with Crippen molar-refractivity contribution in [3.05, 3.63) is 47.5 Å². The number of carboxylic acid groups (broad SMARTS) is 1. The van der Waals surface area contributed by atoms with Gasteiger partial charge in [-0.05, 0) is 13.8 Å². The Hall–Kier alpha value is -1.98. The van der Waals surface area contributed by atoms with Crippen molar-refractivity contribution in [3.8, 4) is 0 Å². The van der Waals surface area contributed by atoms with Gasteiger partial charge >= 0.3 is 5.97 Å². The Kier molecular flexibility index (Phi) is 6.63. The van der Waals surface area contributed by atoms with Gasteiger partial charge in [0.25, 0.3) is 0 Å². The second-order valence-corrected chi connectivity index (χ2v) is 4.38. The van der Waals surface area contributed by atoms with E-state index in [1.807, 2.05) is 13.8 Å². The molecule has 0 spiro atoms. The number of carbonyl (C=O) groups is 2. The summed E-state index contributed by atoms with van der Waals surface area (Å²) in [5.41, 5.74) is 1.45. The normalized spacial score (nSPS) is 11.7. The van der Waals surface area contributed by atoms with Gasteiger partial charge in [-0.2, -0.15) is 0 Å². The van der Waals surface area contributed by atoms with Crippen molar-refractivity contribution >= 4 is 11.8 Å². The molecule has 20 heavy (non-hydrogen) atoms. The number of ether oxygens (including phenoxy) is 2. The quantitative estimate of drug-likeness (QED) is 0.448. The summed E-state index contributed by atoms with van der Waals surface area (Å²) in [4.78, 5) is 22.7. The van der Waals surface area contributed by atoms with Crippen LogP contribution in [-0.2, 0) is 14.3 Å². The number of rotatable bonds is 8. The van der Waals surface area contributed by atoms with Crippen molar-refractivity contribution < 1.29 is 24.2 Å². The molecule has 108 valence electrons. The number of hydrogen-bond acceptors (Lipinski definition) is 4. The molecule has 1 atom stereocenters. The number of aliphatic carboxylic acids is 1. The van der Waals surface area contributed by atoms with Gasteiger partial charge in [0, 0.05) is 5.56 Å². The zero-order valence-corrected chi connectivity index (χ0v) is 11.5. The van der Waals surface area contributed by atoms with E-state index in [-0.39, 0.29) is 6.61 Å². The van der Waals surface area contributed by atoms with E-state index < -0.39 is 24.6 Å². The molecule has 1 N–H and O–H groups in total. The van der Waals surface area contributed by atoms with Gasteiger partial charge in [0.05, 0.1) is 6.61 Å². The summed E-state index contributed by atoms with van der Waals surface area (Å²) < 4.78 is 10.3. The fraction of sp³-hybridized carbons (Fsp3) is 0.333. The lowest BCUT2D eigenvalue weighted by molar-refractivity contribution is -0.155. The van der Waals surface area contributed by atoms with Crippen LogP contribution in [0.4, 0.5) is 0 Å². The third kappa shape index (κ3) is 5.77. The molecule has 1 aromatic rings. The van der Waals surface area contributed by atoms with E-state index in [0.717, 1.165) is 5.57 Å². The fourth-order valence-corrected chi connectivity index (χ4v) is 1.39. The molecule has 0 heterocycles. The molecular formula is C15H18O5. The fourth-order valence-electron chi connectivity index (χ4n) is 1.39. The van der Waals surface area contributed by atoms with Gasteiger partial charge in [0.15, 0.2) is 0 Å². The SMILES string of the molecule is CC(C)=CCOC(OCC(=O)O)C(=O)c1ccccc1. The Morgan fingerprint density at radius 3 is 2.40 bits per heavy atom. The van der Waals surface area contributed by atoms with Gasteiger partial charge in [-0.3, -0.25) is 4.79 Å². The Labute approximate surface area is 117 Å². The van der Waals surface area contributed by atoms with E-state index >= 15 is 0 Å². The van der Waals surface area contributed by atoms with Crippen LogP contribution < -0.4 is 0 Å². The summed E-state index contributed by atoms with van der Waals surface area (Å²) in [5.74, 6) is -1.55. The number of ketones is 1. The Bertz CT molecular complexity index is 474. The summed E-state index contributed by atoms with van der Waals surface area (Å²) >= 11 is 0. The zero-order chi connectivity index (χ0) is 15.0. The molecule has 0 aliphatic carbocycles. The molecular weight excluding hydrogens is 260 g/mol. The van der Waals surface area contributed by atoms with Crippen molar-refractivity contribution in [2.75, 3.05) is 13.2 Å². The molecule has 1 aromatic carbocycles. The highest BCUT2D eigenvalue weighted by atomic mass is 16.7. The highest BCUT2D eigenvalue weighted by Crippen LogP contribution is 2.08. The zero-order valence-electron chi connectivity index (χ0n) is 11.5. The number of hydrogen-bond donors (Lipinski definition) is 1. The predicted octanol–water partition coefficient (Wildman–Crippen LogP) is 2.28. The van der Waals surface area contributed by atoms with E-state index in [4.69, 9.17) is 14.6 Å². The third-order valence-corrected chi connectivity index (χ3v) is 2.37. The van der Waals surface area contributed by atoms with Crippen molar-refractivity contribution in [2.24, 2.45) is 0 Å². The minimum absolute atomic E-state index is 0.186. The average Bonchev–Trinajstić information content (AvgIpc) is 2.42. The summed E-state index contributed by atoms with van der Waals surface area (Å²) in [7, 11) is 0. The van der Waals surface area contributed by atoms with Gasteiger partial charge in [0.2, 0.25) is 12.1 Å². The molecule has 0 aliphatic rings. The summed E-state index contributed by atoms with van der Waals surface area (Å²) in [6.07, 6.45) is 0.569. The minimum Gasteiger partial charge on any atom is -0.480 e. The number of carboxylic acids is 1. The van der Waals surface area contributed by atoms with E-state index in [9.17, 15) is 9.59 Å². The lowest BCUT2D eigenvalue weighted by Crippen LogP contribution is -2.30. The van der Waals surface area contributed by atoms with Gasteiger partial charge in [0.1, 0.15) is 6.61 Å². The molecule has 5 nitrogen and oxygen atoms in total. The average molecular weight is 278 g/mol. The van der Waals surface area contributed by atoms with Crippen LogP contribution in [0.25, 0.3) is 0 Å². The van der Waals surface area contributed by atoms with Crippen LogP contribution >= 0.6 is 0 Å². The first-order chi connectivity index (χ1) is 9.50. The van der Waals surface area contributed by atoms with Crippen LogP contribution in [0.3, 0.4) is 0 Å². The Balaban J connectivity index is 2.72.